The van der Waals surface area contributed by atoms with Crippen LogP contribution >= 0.6 is 0 Å². The molecule has 0 spiro atoms. The van der Waals surface area contributed by atoms with Gasteiger partial charge in [0.2, 0.25) is 0 Å². The van der Waals surface area contributed by atoms with Crippen molar-refractivity contribution in [1.82, 2.24) is 19.1 Å². The van der Waals surface area contributed by atoms with E-state index in [-0.39, 0.29) is 5.69 Å². The number of para-hydroxylation sites is 1. The molecule has 0 atom stereocenters. The molecule has 29 heavy (non-hydrogen) atoms. The number of aromatic nitrogens is 4. The van der Waals surface area contributed by atoms with Gasteiger partial charge in [0, 0.05) is 24.2 Å². The molecule has 5 aromatic rings. The molecule has 0 unspecified atom stereocenters. The highest BCUT2D eigenvalue weighted by molar-refractivity contribution is 6.04. The molecular weight excluding hydrogens is 360 g/mol. The van der Waals surface area contributed by atoms with E-state index in [0.717, 1.165) is 38.8 Å². The van der Waals surface area contributed by atoms with Crippen molar-refractivity contribution < 1.29 is 0 Å². The third kappa shape index (κ3) is 2.62. The van der Waals surface area contributed by atoms with Gasteiger partial charge in [-0.25, -0.2) is 9.78 Å². The Morgan fingerprint density at radius 3 is 2.45 bits per heavy atom. The van der Waals surface area contributed by atoms with Gasteiger partial charge in [-0.3, -0.25) is 14.1 Å². The predicted molar refractivity (Wildman–Crippen MR) is 115 cm³/mol. The maximum atomic E-state index is 13.0. The Bertz CT molecular complexity index is 1470. The lowest BCUT2D eigenvalue weighted by atomic mass is 10.0. The van der Waals surface area contributed by atoms with Crippen molar-refractivity contribution >= 4 is 21.9 Å². The average Bonchev–Trinajstić information content (AvgIpc) is 3.04. The van der Waals surface area contributed by atoms with Gasteiger partial charge >= 0.3 is 5.69 Å². The number of rotatable bonds is 2. The first kappa shape index (κ1) is 17.0. The number of hydrogen-bond acceptors (Lipinski definition) is 3. The highest BCUT2D eigenvalue weighted by Gasteiger charge is 2.16. The van der Waals surface area contributed by atoms with Gasteiger partial charge in [0.25, 0.3) is 0 Å². The summed E-state index contributed by atoms with van der Waals surface area (Å²) in [6, 6.07) is 19.4. The number of pyridine rings is 2. The SMILES string of the molecule is C#Cc1ccc(-c2ccc3ncc4c(c3c2)n(-c2ccccc2)c(=O)n4C)cn1. The molecule has 0 bridgehead atoms. The van der Waals surface area contributed by atoms with Crippen molar-refractivity contribution in [3.63, 3.8) is 0 Å². The summed E-state index contributed by atoms with van der Waals surface area (Å²) in [7, 11) is 1.77. The van der Waals surface area contributed by atoms with Gasteiger partial charge < -0.3 is 0 Å². The van der Waals surface area contributed by atoms with Crippen LogP contribution in [0, 0.1) is 12.3 Å². The number of fused-ring (bicyclic) bond motifs is 3. The zero-order chi connectivity index (χ0) is 20.0. The number of imidazole rings is 1. The minimum absolute atomic E-state index is 0.106. The summed E-state index contributed by atoms with van der Waals surface area (Å²) in [6.07, 6.45) is 8.92. The van der Waals surface area contributed by atoms with E-state index in [1.807, 2.05) is 54.6 Å². The van der Waals surface area contributed by atoms with Crippen LogP contribution in [0.3, 0.4) is 0 Å². The normalized spacial score (nSPS) is 11.0. The molecular formula is C24H16N4O. The molecule has 0 saturated carbocycles. The molecule has 5 heteroatoms. The van der Waals surface area contributed by atoms with Crippen LogP contribution in [0.4, 0.5) is 0 Å². The smallest absolute Gasteiger partial charge is 0.293 e. The van der Waals surface area contributed by atoms with Crippen molar-refractivity contribution in [1.29, 1.82) is 0 Å². The zero-order valence-corrected chi connectivity index (χ0v) is 15.7. The molecule has 0 aliphatic rings. The summed E-state index contributed by atoms with van der Waals surface area (Å²) in [5.41, 5.74) is 5.69. The Morgan fingerprint density at radius 2 is 1.72 bits per heavy atom. The maximum Gasteiger partial charge on any atom is 0.333 e. The summed E-state index contributed by atoms with van der Waals surface area (Å²) in [5.74, 6) is 2.53. The lowest BCUT2D eigenvalue weighted by Crippen LogP contribution is -2.20. The average molecular weight is 376 g/mol. The first-order valence-electron chi connectivity index (χ1n) is 9.16. The van der Waals surface area contributed by atoms with Crippen molar-refractivity contribution in [2.24, 2.45) is 7.05 Å². The van der Waals surface area contributed by atoms with Crippen molar-refractivity contribution in [2.45, 2.75) is 0 Å². The fourth-order valence-electron chi connectivity index (χ4n) is 3.64. The van der Waals surface area contributed by atoms with E-state index >= 15 is 0 Å². The van der Waals surface area contributed by atoms with E-state index in [4.69, 9.17) is 6.42 Å². The first-order valence-corrected chi connectivity index (χ1v) is 9.16. The number of nitrogens with zero attached hydrogens (tertiary/aromatic N) is 4. The van der Waals surface area contributed by atoms with Crippen LogP contribution in [0.15, 0.2) is 77.9 Å². The topological polar surface area (TPSA) is 52.7 Å². The van der Waals surface area contributed by atoms with Crippen LogP contribution in [0.2, 0.25) is 0 Å². The van der Waals surface area contributed by atoms with E-state index in [1.54, 1.807) is 28.6 Å². The van der Waals surface area contributed by atoms with E-state index in [1.165, 1.54) is 0 Å². The minimum Gasteiger partial charge on any atom is -0.293 e. The summed E-state index contributed by atoms with van der Waals surface area (Å²) >= 11 is 0. The van der Waals surface area contributed by atoms with E-state index < -0.39 is 0 Å². The summed E-state index contributed by atoms with van der Waals surface area (Å²) < 4.78 is 3.37. The zero-order valence-electron chi connectivity index (χ0n) is 15.7. The molecule has 5 rings (SSSR count). The number of benzene rings is 2. The van der Waals surface area contributed by atoms with E-state index in [0.29, 0.717) is 5.69 Å². The Hall–Kier alpha value is -4.17. The lowest BCUT2D eigenvalue weighted by Gasteiger charge is -2.08. The number of aryl methyl sites for hydroxylation is 1. The van der Waals surface area contributed by atoms with Gasteiger partial charge in [0.1, 0.15) is 5.69 Å². The first-order chi connectivity index (χ1) is 14.2. The van der Waals surface area contributed by atoms with Crippen LogP contribution in [0.25, 0.3) is 38.8 Å². The molecule has 138 valence electrons. The molecule has 5 nitrogen and oxygen atoms in total. The Balaban J connectivity index is 1.85. The quantitative estimate of drug-likeness (QED) is 0.439. The molecule has 2 aromatic carbocycles. The summed E-state index contributed by atoms with van der Waals surface area (Å²) in [4.78, 5) is 21.9. The second-order valence-electron chi connectivity index (χ2n) is 6.81. The van der Waals surface area contributed by atoms with E-state index in [9.17, 15) is 4.79 Å². The van der Waals surface area contributed by atoms with Crippen molar-refractivity contribution in [3.05, 3.63) is 89.2 Å². The van der Waals surface area contributed by atoms with Crippen LogP contribution < -0.4 is 5.69 Å². The van der Waals surface area contributed by atoms with Gasteiger partial charge in [-0.15, -0.1) is 6.42 Å². The second-order valence-corrected chi connectivity index (χ2v) is 6.81. The predicted octanol–water partition coefficient (Wildman–Crippen LogP) is 3.92. The summed E-state index contributed by atoms with van der Waals surface area (Å²) in [6.45, 7) is 0. The van der Waals surface area contributed by atoms with Crippen molar-refractivity contribution in [3.8, 4) is 29.2 Å². The highest BCUT2D eigenvalue weighted by Crippen LogP contribution is 2.29. The maximum absolute atomic E-state index is 13.0. The molecule has 3 aromatic heterocycles. The van der Waals surface area contributed by atoms with Gasteiger partial charge in [-0.1, -0.05) is 36.3 Å². The molecule has 0 saturated heterocycles. The molecule has 0 aliphatic carbocycles. The Kier molecular flexibility index (Phi) is 3.78. The van der Waals surface area contributed by atoms with Crippen LogP contribution in [-0.2, 0) is 7.05 Å². The number of hydrogen-bond donors (Lipinski definition) is 0. The highest BCUT2D eigenvalue weighted by atomic mass is 16.1. The largest absolute Gasteiger partial charge is 0.333 e. The van der Waals surface area contributed by atoms with Crippen LogP contribution in [-0.4, -0.2) is 19.1 Å². The van der Waals surface area contributed by atoms with Gasteiger partial charge in [-0.2, -0.15) is 0 Å². The molecule has 0 N–H and O–H groups in total. The Labute approximate surface area is 166 Å². The fourth-order valence-corrected chi connectivity index (χ4v) is 3.64. The lowest BCUT2D eigenvalue weighted by molar-refractivity contribution is 0.846. The van der Waals surface area contributed by atoms with Gasteiger partial charge in [0.15, 0.2) is 0 Å². The van der Waals surface area contributed by atoms with Gasteiger partial charge in [-0.05, 0) is 35.9 Å². The molecule has 0 fully saturated rings. The second kappa shape index (κ2) is 6.47. The third-order valence-corrected chi connectivity index (χ3v) is 5.14. The standard InChI is InChI=1S/C24H16N4O/c1-3-18-11-9-17(14-25-18)16-10-12-21-20(13-16)23-22(15-26-21)27(2)24(29)28(23)19-7-5-4-6-8-19/h1,4-15H,2H3. The Morgan fingerprint density at radius 1 is 0.931 bits per heavy atom. The fraction of sp³-hybridized carbons (Fsp3) is 0.0417. The molecule has 0 radical (unpaired) electrons. The number of terminal acetylenes is 1. The van der Waals surface area contributed by atoms with Crippen LogP contribution in [0.5, 0.6) is 0 Å². The van der Waals surface area contributed by atoms with Gasteiger partial charge in [0.05, 0.1) is 28.4 Å². The van der Waals surface area contributed by atoms with E-state index in [2.05, 4.69) is 22.0 Å². The monoisotopic (exact) mass is 376 g/mol. The minimum atomic E-state index is -0.106. The van der Waals surface area contributed by atoms with Crippen LogP contribution in [0.1, 0.15) is 5.69 Å². The third-order valence-electron chi connectivity index (χ3n) is 5.14. The molecule has 3 heterocycles. The molecule has 0 aliphatic heterocycles. The molecule has 0 amide bonds. The van der Waals surface area contributed by atoms with Crippen molar-refractivity contribution in [2.75, 3.05) is 0 Å². The summed E-state index contributed by atoms with van der Waals surface area (Å²) in [5, 5.41) is 0.905.